The van der Waals surface area contributed by atoms with E-state index >= 15 is 0 Å². The average Bonchev–Trinajstić information content (AvgIpc) is 2.54. The smallest absolute Gasteiger partial charge is 0.0852 e. The van der Waals surface area contributed by atoms with Crippen LogP contribution in [0.15, 0.2) is 72.8 Å². The summed E-state index contributed by atoms with van der Waals surface area (Å²) in [7, 11) is 0. The number of rotatable bonds is 2. The summed E-state index contributed by atoms with van der Waals surface area (Å²) in [5.74, 6) is 6.50. The summed E-state index contributed by atoms with van der Waals surface area (Å²) in [5, 5.41) is 5.85. The van der Waals surface area contributed by atoms with Gasteiger partial charge in [0.25, 0.3) is 0 Å². The lowest BCUT2D eigenvalue weighted by Gasteiger charge is -2.08. The van der Waals surface area contributed by atoms with Crippen molar-refractivity contribution >= 4 is 16.5 Å². The molecular weight excluding hydrogens is 254 g/mol. The van der Waals surface area contributed by atoms with E-state index in [9.17, 15) is 0 Å². The number of para-hydroxylation sites is 1. The molecule has 0 saturated carbocycles. The van der Waals surface area contributed by atoms with E-state index in [1.165, 1.54) is 10.8 Å². The van der Waals surface area contributed by atoms with E-state index in [4.69, 9.17) is 0 Å². The van der Waals surface area contributed by atoms with E-state index < -0.39 is 0 Å². The van der Waals surface area contributed by atoms with E-state index in [0.717, 1.165) is 11.3 Å². The Morgan fingerprint density at radius 2 is 1.52 bits per heavy atom. The lowest BCUT2D eigenvalue weighted by Crippen LogP contribution is -2.12. The van der Waals surface area contributed by atoms with Gasteiger partial charge in [-0.25, -0.2) is 0 Å². The number of hydrogen-bond acceptors (Lipinski definition) is 1. The van der Waals surface area contributed by atoms with Gasteiger partial charge < -0.3 is 5.32 Å². The molecule has 21 heavy (non-hydrogen) atoms. The Bertz CT molecular complexity index is 794. The minimum Gasteiger partial charge on any atom is -0.372 e. The van der Waals surface area contributed by atoms with E-state index in [1.54, 1.807) is 0 Å². The SMILES string of the molecule is C[C@H](C#Cc1ccc2ccccc2c1)Nc1ccccc1. The Morgan fingerprint density at radius 1 is 0.810 bits per heavy atom. The van der Waals surface area contributed by atoms with Crippen LogP contribution in [0.3, 0.4) is 0 Å². The van der Waals surface area contributed by atoms with Gasteiger partial charge in [-0.3, -0.25) is 0 Å². The van der Waals surface area contributed by atoms with Crippen LogP contribution in [0.4, 0.5) is 5.69 Å². The van der Waals surface area contributed by atoms with Gasteiger partial charge in [0, 0.05) is 11.3 Å². The Balaban J connectivity index is 1.76. The fourth-order valence-electron chi connectivity index (χ4n) is 2.28. The second kappa shape index (κ2) is 6.15. The zero-order chi connectivity index (χ0) is 14.5. The third-order valence-electron chi connectivity index (χ3n) is 3.34. The van der Waals surface area contributed by atoms with Crippen molar-refractivity contribution in [3.8, 4) is 11.8 Å². The number of nitrogens with one attached hydrogen (secondary N) is 1. The molecule has 3 aromatic carbocycles. The molecule has 0 aromatic heterocycles. The van der Waals surface area contributed by atoms with E-state index in [0.29, 0.717) is 0 Å². The standard InChI is InChI=1S/C20H17N/c1-16(21-20-9-3-2-4-10-20)11-12-17-13-14-18-7-5-6-8-19(18)15-17/h2-10,13-16,21H,1H3/t16-/m1/s1. The van der Waals surface area contributed by atoms with Gasteiger partial charge in [0.05, 0.1) is 6.04 Å². The van der Waals surface area contributed by atoms with Crippen LogP contribution in [0.5, 0.6) is 0 Å². The van der Waals surface area contributed by atoms with Gasteiger partial charge in [-0.2, -0.15) is 0 Å². The Labute approximate surface area is 125 Å². The van der Waals surface area contributed by atoms with Gasteiger partial charge >= 0.3 is 0 Å². The van der Waals surface area contributed by atoms with Crippen molar-refractivity contribution in [3.05, 3.63) is 78.4 Å². The van der Waals surface area contributed by atoms with Gasteiger partial charge in [0.1, 0.15) is 0 Å². The highest BCUT2D eigenvalue weighted by atomic mass is 14.9. The van der Waals surface area contributed by atoms with E-state index in [1.807, 2.05) is 30.3 Å². The first-order valence-electron chi connectivity index (χ1n) is 7.13. The quantitative estimate of drug-likeness (QED) is 0.667. The van der Waals surface area contributed by atoms with Gasteiger partial charge in [-0.05, 0) is 42.0 Å². The van der Waals surface area contributed by atoms with Crippen molar-refractivity contribution in [2.75, 3.05) is 5.32 Å². The monoisotopic (exact) mass is 271 g/mol. The van der Waals surface area contributed by atoms with Crippen LogP contribution in [0.2, 0.25) is 0 Å². The van der Waals surface area contributed by atoms with Gasteiger partial charge in [-0.1, -0.05) is 60.4 Å². The Kier molecular flexibility index (Phi) is 3.89. The van der Waals surface area contributed by atoms with Crippen LogP contribution < -0.4 is 5.32 Å². The normalized spacial score (nSPS) is 11.5. The zero-order valence-corrected chi connectivity index (χ0v) is 12.0. The van der Waals surface area contributed by atoms with Crippen LogP contribution in [0.25, 0.3) is 10.8 Å². The minimum atomic E-state index is 0.110. The molecule has 1 atom stereocenters. The first kappa shape index (κ1) is 13.3. The van der Waals surface area contributed by atoms with Crippen molar-refractivity contribution in [2.24, 2.45) is 0 Å². The van der Waals surface area contributed by atoms with Crippen LogP contribution in [-0.2, 0) is 0 Å². The van der Waals surface area contributed by atoms with Crippen LogP contribution in [0, 0.1) is 11.8 Å². The van der Waals surface area contributed by atoms with Crippen molar-refractivity contribution in [1.29, 1.82) is 0 Å². The molecule has 0 amide bonds. The molecule has 3 rings (SSSR count). The highest BCUT2D eigenvalue weighted by molar-refractivity contribution is 5.83. The molecule has 0 aliphatic heterocycles. The van der Waals surface area contributed by atoms with E-state index in [-0.39, 0.29) is 6.04 Å². The van der Waals surface area contributed by atoms with Crippen molar-refractivity contribution in [1.82, 2.24) is 0 Å². The molecule has 0 heterocycles. The maximum Gasteiger partial charge on any atom is 0.0852 e. The van der Waals surface area contributed by atoms with Gasteiger partial charge in [-0.15, -0.1) is 0 Å². The molecule has 0 aliphatic carbocycles. The summed E-state index contributed by atoms with van der Waals surface area (Å²) in [6.45, 7) is 2.07. The fraction of sp³-hybridized carbons (Fsp3) is 0.100. The second-order valence-electron chi connectivity index (χ2n) is 5.06. The first-order chi connectivity index (χ1) is 10.3. The summed E-state index contributed by atoms with van der Waals surface area (Å²) >= 11 is 0. The van der Waals surface area contributed by atoms with Crippen LogP contribution >= 0.6 is 0 Å². The molecule has 0 bridgehead atoms. The predicted molar refractivity (Wildman–Crippen MR) is 90.4 cm³/mol. The summed E-state index contributed by atoms with van der Waals surface area (Å²) in [6.07, 6.45) is 0. The summed E-state index contributed by atoms with van der Waals surface area (Å²) in [4.78, 5) is 0. The lowest BCUT2D eigenvalue weighted by atomic mass is 10.1. The summed E-state index contributed by atoms with van der Waals surface area (Å²) < 4.78 is 0. The molecule has 0 radical (unpaired) electrons. The molecular formula is C20H17N. The topological polar surface area (TPSA) is 12.0 Å². The molecule has 3 aromatic rings. The van der Waals surface area contributed by atoms with Crippen molar-refractivity contribution in [3.63, 3.8) is 0 Å². The number of anilines is 1. The maximum absolute atomic E-state index is 3.38. The molecule has 1 heteroatoms. The number of fused-ring (bicyclic) bond motifs is 1. The molecule has 0 saturated heterocycles. The third kappa shape index (κ3) is 3.43. The minimum absolute atomic E-state index is 0.110. The predicted octanol–water partition coefficient (Wildman–Crippen LogP) is 4.69. The van der Waals surface area contributed by atoms with Crippen molar-refractivity contribution in [2.45, 2.75) is 13.0 Å². The molecule has 0 spiro atoms. The first-order valence-corrected chi connectivity index (χ1v) is 7.13. The lowest BCUT2D eigenvalue weighted by molar-refractivity contribution is 1.03. The zero-order valence-electron chi connectivity index (χ0n) is 12.0. The maximum atomic E-state index is 3.38. The summed E-state index contributed by atoms with van der Waals surface area (Å²) in [5.41, 5.74) is 2.15. The van der Waals surface area contributed by atoms with Crippen LogP contribution in [-0.4, -0.2) is 6.04 Å². The fourth-order valence-corrected chi connectivity index (χ4v) is 2.28. The highest BCUT2D eigenvalue weighted by Crippen LogP contribution is 2.15. The molecule has 102 valence electrons. The Morgan fingerprint density at radius 3 is 2.33 bits per heavy atom. The van der Waals surface area contributed by atoms with Gasteiger partial charge in [0.2, 0.25) is 0 Å². The summed E-state index contributed by atoms with van der Waals surface area (Å²) in [6, 6.07) is 24.9. The molecule has 1 N–H and O–H groups in total. The van der Waals surface area contributed by atoms with Crippen molar-refractivity contribution < 1.29 is 0 Å². The molecule has 0 aliphatic rings. The second-order valence-corrected chi connectivity index (χ2v) is 5.06. The number of hydrogen-bond donors (Lipinski definition) is 1. The molecule has 0 unspecified atom stereocenters. The largest absolute Gasteiger partial charge is 0.372 e. The van der Waals surface area contributed by atoms with Gasteiger partial charge in [0.15, 0.2) is 0 Å². The molecule has 1 nitrogen and oxygen atoms in total. The van der Waals surface area contributed by atoms with E-state index in [2.05, 4.69) is 66.5 Å². The molecule has 0 fully saturated rings. The third-order valence-corrected chi connectivity index (χ3v) is 3.34. The van der Waals surface area contributed by atoms with Crippen LogP contribution in [0.1, 0.15) is 12.5 Å². The highest BCUT2D eigenvalue weighted by Gasteiger charge is 1.97. The Hall–Kier alpha value is -2.72. The number of benzene rings is 3. The average molecular weight is 271 g/mol.